The molecule has 0 atom stereocenters. The zero-order chi connectivity index (χ0) is 24.5. The third-order valence-electron chi connectivity index (χ3n) is 5.63. The van der Waals surface area contributed by atoms with E-state index in [0.29, 0.717) is 16.7 Å². The highest BCUT2D eigenvalue weighted by molar-refractivity contribution is 6.00. The number of hydrogen-bond acceptors (Lipinski definition) is 6. The maximum absolute atomic E-state index is 12.7. The molecule has 0 saturated heterocycles. The van der Waals surface area contributed by atoms with Gasteiger partial charge in [0.25, 0.3) is 0 Å². The van der Waals surface area contributed by atoms with Crippen LogP contribution in [0, 0.1) is 13.8 Å². The molecule has 2 heterocycles. The molecule has 0 saturated carbocycles. The van der Waals surface area contributed by atoms with Crippen molar-refractivity contribution in [2.24, 2.45) is 0 Å². The fraction of sp³-hybridized carbons (Fsp3) is 0.417. The maximum Gasteiger partial charge on any atom is 0.339 e. The molecule has 3 aromatic rings. The number of carbonyl (C=O) groups is 3. The summed E-state index contributed by atoms with van der Waals surface area (Å²) in [6.07, 6.45) is 1.85. The SMILES string of the molecule is Cc1c(CCC(=O)NCC(=O)NCC(=O)O)c(=O)oc2c(C)c3occ(C(C)(C)C)c3cc12. The summed E-state index contributed by atoms with van der Waals surface area (Å²) in [5, 5.41) is 14.9. The van der Waals surface area contributed by atoms with Gasteiger partial charge in [0.1, 0.15) is 17.7 Å². The third kappa shape index (κ3) is 5.08. The van der Waals surface area contributed by atoms with Crippen LogP contribution < -0.4 is 16.3 Å². The van der Waals surface area contributed by atoms with Crippen molar-refractivity contribution >= 4 is 39.7 Å². The summed E-state index contributed by atoms with van der Waals surface area (Å²) in [7, 11) is 0. The number of rotatable bonds is 7. The van der Waals surface area contributed by atoms with Gasteiger partial charge in [-0.15, -0.1) is 0 Å². The third-order valence-corrected chi connectivity index (χ3v) is 5.63. The first kappa shape index (κ1) is 24.0. The lowest BCUT2D eigenvalue weighted by molar-refractivity contribution is -0.137. The van der Waals surface area contributed by atoms with Gasteiger partial charge >= 0.3 is 11.6 Å². The zero-order valence-corrected chi connectivity index (χ0v) is 19.4. The molecule has 3 N–H and O–H groups in total. The highest BCUT2D eigenvalue weighted by Crippen LogP contribution is 2.37. The fourth-order valence-corrected chi connectivity index (χ4v) is 3.81. The van der Waals surface area contributed by atoms with Crippen LogP contribution in [0.15, 0.2) is 26.0 Å². The van der Waals surface area contributed by atoms with Crippen LogP contribution in [0.2, 0.25) is 0 Å². The van der Waals surface area contributed by atoms with Crippen LogP contribution in [0.4, 0.5) is 0 Å². The molecule has 3 rings (SSSR count). The van der Waals surface area contributed by atoms with Crippen molar-refractivity contribution in [2.45, 2.75) is 52.9 Å². The molecule has 0 fully saturated rings. The second-order valence-electron chi connectivity index (χ2n) is 9.09. The Balaban J connectivity index is 1.84. The zero-order valence-electron chi connectivity index (χ0n) is 19.4. The second-order valence-corrected chi connectivity index (χ2v) is 9.09. The van der Waals surface area contributed by atoms with E-state index in [4.69, 9.17) is 13.9 Å². The number of aliphatic carboxylic acids is 1. The number of carbonyl (C=O) groups excluding carboxylic acids is 2. The van der Waals surface area contributed by atoms with Crippen LogP contribution in [0.5, 0.6) is 0 Å². The standard InChI is InChI=1S/C24H28N2O7/c1-12-14(6-7-18(27)25-9-19(28)26-10-20(29)30)23(31)33-22-13(2)21-16(8-15(12)22)17(11-32-21)24(3,4)5/h8,11H,6-7,9-10H2,1-5H3,(H,25,27)(H,26,28)(H,29,30). The number of furan rings is 1. The van der Waals surface area contributed by atoms with E-state index >= 15 is 0 Å². The molecule has 33 heavy (non-hydrogen) atoms. The average molecular weight is 456 g/mol. The summed E-state index contributed by atoms with van der Waals surface area (Å²) in [5.74, 6) is -2.22. The van der Waals surface area contributed by atoms with E-state index in [2.05, 4.69) is 31.4 Å². The number of carboxylic acids is 1. The van der Waals surface area contributed by atoms with Crippen molar-refractivity contribution < 1.29 is 28.3 Å². The van der Waals surface area contributed by atoms with Crippen LogP contribution in [-0.2, 0) is 26.2 Å². The lowest BCUT2D eigenvalue weighted by Gasteiger charge is -2.17. The molecular formula is C24H28N2O7. The quantitative estimate of drug-likeness (QED) is 0.465. The number of carboxylic acid groups (broad SMARTS) is 1. The lowest BCUT2D eigenvalue weighted by atomic mass is 9.86. The molecule has 0 aliphatic rings. The first-order valence-electron chi connectivity index (χ1n) is 10.6. The Labute approximate surface area is 190 Å². The summed E-state index contributed by atoms with van der Waals surface area (Å²) in [6, 6.07) is 1.97. The highest BCUT2D eigenvalue weighted by Gasteiger charge is 2.23. The average Bonchev–Trinajstić information content (AvgIpc) is 3.16. The molecule has 0 unspecified atom stereocenters. The molecule has 0 aliphatic heterocycles. The van der Waals surface area contributed by atoms with Gasteiger partial charge in [0.15, 0.2) is 0 Å². The second kappa shape index (κ2) is 9.09. The Hall–Kier alpha value is -3.62. The Bertz CT molecular complexity index is 1310. The monoisotopic (exact) mass is 456 g/mol. The molecule has 2 aromatic heterocycles. The van der Waals surface area contributed by atoms with E-state index in [-0.39, 0.29) is 24.8 Å². The van der Waals surface area contributed by atoms with E-state index in [1.54, 1.807) is 6.26 Å². The van der Waals surface area contributed by atoms with Gasteiger partial charge in [-0.3, -0.25) is 14.4 Å². The van der Waals surface area contributed by atoms with Gasteiger partial charge in [-0.2, -0.15) is 0 Å². The Morgan fingerprint density at radius 3 is 2.27 bits per heavy atom. The van der Waals surface area contributed by atoms with Gasteiger partial charge in [0.05, 0.1) is 12.8 Å². The summed E-state index contributed by atoms with van der Waals surface area (Å²) in [5.41, 5.74) is 3.42. The smallest absolute Gasteiger partial charge is 0.339 e. The summed E-state index contributed by atoms with van der Waals surface area (Å²) in [4.78, 5) is 46.8. The Morgan fingerprint density at radius 1 is 0.970 bits per heavy atom. The molecule has 9 nitrogen and oxygen atoms in total. The summed E-state index contributed by atoms with van der Waals surface area (Å²) >= 11 is 0. The maximum atomic E-state index is 12.7. The number of amides is 2. The van der Waals surface area contributed by atoms with Crippen LogP contribution in [0.25, 0.3) is 21.9 Å². The minimum atomic E-state index is -1.18. The van der Waals surface area contributed by atoms with Gasteiger partial charge in [0, 0.05) is 33.9 Å². The van der Waals surface area contributed by atoms with Crippen LogP contribution in [0.3, 0.4) is 0 Å². The molecule has 9 heteroatoms. The van der Waals surface area contributed by atoms with Gasteiger partial charge in [-0.25, -0.2) is 4.79 Å². The molecule has 1 aromatic carbocycles. The van der Waals surface area contributed by atoms with Gasteiger partial charge in [-0.05, 0) is 37.3 Å². The van der Waals surface area contributed by atoms with E-state index in [1.165, 1.54) is 0 Å². The van der Waals surface area contributed by atoms with Crippen molar-refractivity contribution in [2.75, 3.05) is 13.1 Å². The lowest BCUT2D eigenvalue weighted by Crippen LogP contribution is -2.39. The topological polar surface area (TPSA) is 139 Å². The van der Waals surface area contributed by atoms with Crippen LogP contribution >= 0.6 is 0 Å². The number of fused-ring (bicyclic) bond motifs is 2. The van der Waals surface area contributed by atoms with Crippen LogP contribution in [-0.4, -0.2) is 36.0 Å². The van der Waals surface area contributed by atoms with E-state index in [9.17, 15) is 19.2 Å². The minimum absolute atomic E-state index is 0.0243. The predicted molar refractivity (Wildman–Crippen MR) is 122 cm³/mol. The predicted octanol–water partition coefficient (Wildman–Crippen LogP) is 2.70. The Morgan fingerprint density at radius 2 is 1.64 bits per heavy atom. The molecule has 0 radical (unpaired) electrons. The normalized spacial score (nSPS) is 11.7. The molecule has 2 amide bonds. The largest absolute Gasteiger partial charge is 0.480 e. The van der Waals surface area contributed by atoms with Crippen molar-refractivity contribution in [3.8, 4) is 0 Å². The molecule has 0 aliphatic carbocycles. The molecular weight excluding hydrogens is 428 g/mol. The van der Waals surface area contributed by atoms with E-state index < -0.39 is 30.0 Å². The number of hydrogen-bond donors (Lipinski definition) is 3. The number of benzene rings is 1. The fourth-order valence-electron chi connectivity index (χ4n) is 3.81. The van der Waals surface area contributed by atoms with Crippen molar-refractivity contribution in [1.29, 1.82) is 0 Å². The van der Waals surface area contributed by atoms with E-state index in [0.717, 1.165) is 27.5 Å². The summed E-state index contributed by atoms with van der Waals surface area (Å²) in [6.45, 7) is 9.11. The molecule has 0 spiro atoms. The molecule has 176 valence electrons. The number of aryl methyl sites for hydroxylation is 2. The van der Waals surface area contributed by atoms with Crippen molar-refractivity contribution in [1.82, 2.24) is 10.6 Å². The van der Waals surface area contributed by atoms with Gasteiger partial charge in [-0.1, -0.05) is 20.8 Å². The number of nitrogens with one attached hydrogen (secondary N) is 2. The highest BCUT2D eigenvalue weighted by atomic mass is 16.4. The van der Waals surface area contributed by atoms with Crippen molar-refractivity contribution in [3.05, 3.63) is 45.0 Å². The van der Waals surface area contributed by atoms with Crippen molar-refractivity contribution in [3.63, 3.8) is 0 Å². The first-order valence-corrected chi connectivity index (χ1v) is 10.6. The first-order chi connectivity index (χ1) is 15.4. The summed E-state index contributed by atoms with van der Waals surface area (Å²) < 4.78 is 11.4. The van der Waals surface area contributed by atoms with Crippen LogP contribution in [0.1, 0.15) is 49.4 Å². The Kier molecular flexibility index (Phi) is 6.62. The van der Waals surface area contributed by atoms with Gasteiger partial charge < -0.3 is 24.6 Å². The van der Waals surface area contributed by atoms with E-state index in [1.807, 2.05) is 19.9 Å². The minimum Gasteiger partial charge on any atom is -0.480 e. The molecule has 0 bridgehead atoms. The van der Waals surface area contributed by atoms with Gasteiger partial charge in [0.2, 0.25) is 11.8 Å².